The van der Waals surface area contributed by atoms with E-state index >= 15 is 0 Å². The van der Waals surface area contributed by atoms with E-state index < -0.39 is 0 Å². The number of hydrogen-bond acceptors (Lipinski definition) is 4. The first-order chi connectivity index (χ1) is 7.77. The predicted octanol–water partition coefficient (Wildman–Crippen LogP) is -0.0185. The second-order valence-corrected chi connectivity index (χ2v) is 4.14. The summed E-state index contributed by atoms with van der Waals surface area (Å²) in [6, 6.07) is -0.114. The summed E-state index contributed by atoms with van der Waals surface area (Å²) in [4.78, 5) is 15.9. The van der Waals surface area contributed by atoms with Gasteiger partial charge in [-0.05, 0) is 26.3 Å². The quantitative estimate of drug-likeness (QED) is 0.672. The molecule has 3 N–H and O–H groups in total. The third-order valence-corrected chi connectivity index (χ3v) is 2.87. The first-order valence-electron chi connectivity index (χ1n) is 5.63. The minimum Gasteiger partial charge on any atom is -0.346 e. The molecular weight excluding hydrogens is 206 g/mol. The highest BCUT2D eigenvalue weighted by atomic mass is 16.2. The smallest absolute Gasteiger partial charge is 0.224 e. The summed E-state index contributed by atoms with van der Waals surface area (Å²) in [6.07, 6.45) is 3.47. The summed E-state index contributed by atoms with van der Waals surface area (Å²) in [5.41, 5.74) is 0. The molecule has 0 spiro atoms. The first-order valence-corrected chi connectivity index (χ1v) is 5.63. The monoisotopic (exact) mass is 223 g/mol. The van der Waals surface area contributed by atoms with E-state index in [0.29, 0.717) is 5.82 Å². The fraction of sp³-hybridized carbons (Fsp3) is 0.700. The summed E-state index contributed by atoms with van der Waals surface area (Å²) < 4.78 is 0. The number of H-pyrrole nitrogens is 1. The number of amides is 1. The molecule has 6 heteroatoms. The molecule has 1 aliphatic heterocycles. The van der Waals surface area contributed by atoms with E-state index in [1.165, 1.54) is 6.33 Å². The number of aromatic nitrogens is 3. The van der Waals surface area contributed by atoms with Crippen LogP contribution in [0.4, 0.5) is 0 Å². The van der Waals surface area contributed by atoms with Gasteiger partial charge in [-0.1, -0.05) is 0 Å². The molecule has 0 bridgehead atoms. The van der Waals surface area contributed by atoms with Gasteiger partial charge in [-0.2, -0.15) is 5.10 Å². The minimum absolute atomic E-state index is 0.0825. The van der Waals surface area contributed by atoms with Gasteiger partial charge in [-0.25, -0.2) is 4.98 Å². The van der Waals surface area contributed by atoms with Crippen LogP contribution in [-0.4, -0.2) is 34.2 Å². The number of carbonyl (C=O) groups excluding carboxylic acids is 1. The molecule has 1 aromatic rings. The van der Waals surface area contributed by atoms with Gasteiger partial charge >= 0.3 is 0 Å². The minimum atomic E-state index is -0.114. The van der Waals surface area contributed by atoms with Crippen molar-refractivity contribution in [1.82, 2.24) is 25.8 Å². The maximum Gasteiger partial charge on any atom is 0.224 e. The van der Waals surface area contributed by atoms with Crippen molar-refractivity contribution >= 4 is 5.91 Å². The zero-order valence-corrected chi connectivity index (χ0v) is 9.36. The molecular formula is C10H17N5O. The van der Waals surface area contributed by atoms with Gasteiger partial charge in [-0.15, -0.1) is 0 Å². The van der Waals surface area contributed by atoms with Gasteiger partial charge in [0.05, 0.1) is 12.0 Å². The summed E-state index contributed by atoms with van der Waals surface area (Å²) in [5, 5.41) is 12.7. The summed E-state index contributed by atoms with van der Waals surface area (Å²) in [5.74, 6) is 0.868. The molecule has 0 radical (unpaired) electrons. The van der Waals surface area contributed by atoms with Gasteiger partial charge in [0, 0.05) is 6.54 Å². The van der Waals surface area contributed by atoms with E-state index in [-0.39, 0.29) is 17.9 Å². The third kappa shape index (κ3) is 2.57. The van der Waals surface area contributed by atoms with Crippen LogP contribution in [0.3, 0.4) is 0 Å². The van der Waals surface area contributed by atoms with Gasteiger partial charge < -0.3 is 10.6 Å². The second-order valence-electron chi connectivity index (χ2n) is 4.14. The normalized spacial score (nSPS) is 22.7. The number of rotatable bonds is 3. The van der Waals surface area contributed by atoms with Crippen molar-refractivity contribution in [3.05, 3.63) is 12.2 Å². The van der Waals surface area contributed by atoms with Crippen LogP contribution in [0.25, 0.3) is 0 Å². The van der Waals surface area contributed by atoms with Crippen molar-refractivity contribution in [2.45, 2.75) is 25.8 Å². The number of hydrogen-bond donors (Lipinski definition) is 3. The zero-order chi connectivity index (χ0) is 11.4. The lowest BCUT2D eigenvalue weighted by atomic mass is 9.98. The summed E-state index contributed by atoms with van der Waals surface area (Å²) in [7, 11) is 0. The number of carbonyl (C=O) groups is 1. The highest BCUT2D eigenvalue weighted by Crippen LogP contribution is 2.12. The predicted molar refractivity (Wildman–Crippen MR) is 58.5 cm³/mol. The average Bonchev–Trinajstić information content (AvgIpc) is 2.83. The van der Waals surface area contributed by atoms with Crippen molar-refractivity contribution in [3.8, 4) is 0 Å². The molecule has 2 atom stereocenters. The molecule has 88 valence electrons. The van der Waals surface area contributed by atoms with Gasteiger partial charge in [0.1, 0.15) is 12.2 Å². The maximum atomic E-state index is 11.9. The molecule has 6 nitrogen and oxygen atoms in total. The van der Waals surface area contributed by atoms with Crippen LogP contribution in [0, 0.1) is 5.92 Å². The molecule has 0 aliphatic carbocycles. The Bertz CT molecular complexity index is 331. The Morgan fingerprint density at radius 3 is 3.19 bits per heavy atom. The molecule has 1 aromatic heterocycles. The Morgan fingerprint density at radius 2 is 2.56 bits per heavy atom. The molecule has 16 heavy (non-hydrogen) atoms. The lowest BCUT2D eigenvalue weighted by molar-refractivity contribution is -0.126. The molecule has 1 saturated heterocycles. The van der Waals surface area contributed by atoms with Crippen molar-refractivity contribution < 1.29 is 4.79 Å². The van der Waals surface area contributed by atoms with Crippen LogP contribution in [0.1, 0.15) is 31.6 Å². The summed E-state index contributed by atoms with van der Waals surface area (Å²) in [6.45, 7) is 3.69. The third-order valence-electron chi connectivity index (χ3n) is 2.87. The lowest BCUT2D eigenvalue weighted by Crippen LogP contribution is -2.41. The van der Waals surface area contributed by atoms with Crippen LogP contribution in [0.2, 0.25) is 0 Å². The topological polar surface area (TPSA) is 82.7 Å². The van der Waals surface area contributed by atoms with E-state index in [4.69, 9.17) is 0 Å². The van der Waals surface area contributed by atoms with Crippen LogP contribution >= 0.6 is 0 Å². The fourth-order valence-electron chi connectivity index (χ4n) is 1.90. The molecule has 2 rings (SSSR count). The standard InChI is InChI=1S/C10H17N5O/c1-7(9-12-6-13-15-9)14-10(16)8-3-2-4-11-5-8/h6-8,11H,2-5H2,1H3,(H,14,16)(H,12,13,15). The molecule has 0 aromatic carbocycles. The van der Waals surface area contributed by atoms with Gasteiger partial charge in [-0.3, -0.25) is 9.89 Å². The molecule has 1 fully saturated rings. The van der Waals surface area contributed by atoms with E-state index in [2.05, 4.69) is 25.8 Å². The Morgan fingerprint density at radius 1 is 1.69 bits per heavy atom. The van der Waals surface area contributed by atoms with Crippen LogP contribution in [-0.2, 0) is 4.79 Å². The first kappa shape index (κ1) is 11.1. The van der Waals surface area contributed by atoms with Gasteiger partial charge in [0.15, 0.2) is 0 Å². The summed E-state index contributed by atoms with van der Waals surface area (Å²) >= 11 is 0. The lowest BCUT2D eigenvalue weighted by Gasteiger charge is -2.23. The van der Waals surface area contributed by atoms with Crippen LogP contribution in [0.15, 0.2) is 6.33 Å². The Labute approximate surface area is 94.2 Å². The largest absolute Gasteiger partial charge is 0.346 e. The maximum absolute atomic E-state index is 11.9. The van der Waals surface area contributed by atoms with E-state index in [0.717, 1.165) is 25.9 Å². The van der Waals surface area contributed by atoms with Crippen LogP contribution < -0.4 is 10.6 Å². The number of nitrogens with one attached hydrogen (secondary N) is 3. The van der Waals surface area contributed by atoms with Crippen molar-refractivity contribution in [1.29, 1.82) is 0 Å². The number of aromatic amines is 1. The second kappa shape index (κ2) is 5.07. The molecule has 1 aliphatic rings. The van der Waals surface area contributed by atoms with Gasteiger partial charge in [0.25, 0.3) is 0 Å². The SMILES string of the molecule is CC(NC(=O)C1CCCNC1)c1ncn[nH]1. The highest BCUT2D eigenvalue weighted by Gasteiger charge is 2.22. The van der Waals surface area contributed by atoms with Crippen LogP contribution in [0.5, 0.6) is 0 Å². The average molecular weight is 223 g/mol. The highest BCUT2D eigenvalue weighted by molar-refractivity contribution is 5.79. The fourth-order valence-corrected chi connectivity index (χ4v) is 1.90. The Balaban J connectivity index is 1.86. The van der Waals surface area contributed by atoms with E-state index in [1.54, 1.807) is 0 Å². The van der Waals surface area contributed by atoms with Gasteiger partial charge in [0.2, 0.25) is 5.91 Å². The molecule has 1 amide bonds. The molecule has 2 unspecified atom stereocenters. The number of nitrogens with zero attached hydrogens (tertiary/aromatic N) is 2. The zero-order valence-electron chi connectivity index (χ0n) is 9.36. The molecule has 2 heterocycles. The van der Waals surface area contributed by atoms with E-state index in [1.807, 2.05) is 6.92 Å². The van der Waals surface area contributed by atoms with Crippen molar-refractivity contribution in [2.24, 2.45) is 5.92 Å². The Kier molecular flexibility index (Phi) is 3.51. The van der Waals surface area contributed by atoms with E-state index in [9.17, 15) is 4.79 Å². The Hall–Kier alpha value is -1.43. The van der Waals surface area contributed by atoms with Crippen molar-refractivity contribution in [3.63, 3.8) is 0 Å². The molecule has 0 saturated carbocycles. The van der Waals surface area contributed by atoms with Crippen molar-refractivity contribution in [2.75, 3.05) is 13.1 Å². The number of piperidine rings is 1.